The van der Waals surface area contributed by atoms with Crippen molar-refractivity contribution in [1.82, 2.24) is 0 Å². The summed E-state index contributed by atoms with van der Waals surface area (Å²) in [6, 6.07) is 3.59. The number of hydrogen-bond donors (Lipinski definition) is 2. The van der Waals surface area contributed by atoms with Crippen LogP contribution in [0.3, 0.4) is 0 Å². The lowest BCUT2D eigenvalue weighted by molar-refractivity contribution is -0.900. The van der Waals surface area contributed by atoms with Crippen LogP contribution >= 0.6 is 11.6 Å². The van der Waals surface area contributed by atoms with E-state index in [1.807, 2.05) is 13.0 Å². The van der Waals surface area contributed by atoms with Crippen LogP contribution in [0.4, 0.5) is 5.69 Å². The lowest BCUT2D eigenvalue weighted by atomic mass is 10.0. The minimum Gasteiger partial charge on any atom is -0.495 e. The van der Waals surface area contributed by atoms with E-state index in [0.29, 0.717) is 28.9 Å². The number of benzene rings is 1. The van der Waals surface area contributed by atoms with E-state index >= 15 is 0 Å². The van der Waals surface area contributed by atoms with Crippen molar-refractivity contribution in [2.24, 2.45) is 5.92 Å². The molecule has 0 saturated carbocycles. The van der Waals surface area contributed by atoms with E-state index in [-0.39, 0.29) is 5.91 Å². The van der Waals surface area contributed by atoms with Gasteiger partial charge < -0.3 is 15.0 Å². The van der Waals surface area contributed by atoms with Crippen molar-refractivity contribution in [2.45, 2.75) is 26.7 Å². The predicted molar refractivity (Wildman–Crippen MR) is 85.3 cm³/mol. The Morgan fingerprint density at radius 3 is 2.95 bits per heavy atom. The maximum atomic E-state index is 12.2. The van der Waals surface area contributed by atoms with Crippen LogP contribution < -0.4 is 15.0 Å². The zero-order valence-electron chi connectivity index (χ0n) is 13.0. The Balaban J connectivity index is 2.00. The minimum atomic E-state index is 0.0270. The highest BCUT2D eigenvalue weighted by molar-refractivity contribution is 6.31. The predicted octanol–water partition coefficient (Wildman–Crippen LogP) is 1.91. The zero-order chi connectivity index (χ0) is 15.4. The Kier molecular flexibility index (Phi) is 5.48. The fraction of sp³-hybridized carbons (Fsp3) is 0.562. The monoisotopic (exact) mass is 311 g/mol. The molecule has 0 aromatic heterocycles. The number of carbonyl (C=O) groups is 1. The summed E-state index contributed by atoms with van der Waals surface area (Å²) >= 11 is 6.08. The molecule has 116 valence electrons. The molecule has 4 nitrogen and oxygen atoms in total. The Morgan fingerprint density at radius 2 is 2.29 bits per heavy atom. The highest BCUT2D eigenvalue weighted by Gasteiger charge is 2.22. The number of amides is 1. The standard InChI is InChI=1S/C16H23ClN2O2/c1-11-5-4-6-19(9-11)10-16(20)18-14-7-12(2)13(17)8-15(14)21-3/h7-8,11H,4-6,9-10H2,1-3H3,(H,18,20)/p+1/t11-/m0/s1. The number of anilines is 1. The number of rotatable bonds is 4. The molecule has 1 unspecified atom stereocenters. The van der Waals surface area contributed by atoms with Crippen molar-refractivity contribution in [2.75, 3.05) is 32.1 Å². The van der Waals surface area contributed by atoms with Crippen molar-refractivity contribution < 1.29 is 14.4 Å². The van der Waals surface area contributed by atoms with Gasteiger partial charge in [0, 0.05) is 17.0 Å². The van der Waals surface area contributed by atoms with E-state index in [4.69, 9.17) is 16.3 Å². The van der Waals surface area contributed by atoms with Crippen LogP contribution in [0.25, 0.3) is 0 Å². The van der Waals surface area contributed by atoms with Crippen LogP contribution in [-0.2, 0) is 4.79 Å². The van der Waals surface area contributed by atoms with Gasteiger partial charge in [-0.15, -0.1) is 0 Å². The topological polar surface area (TPSA) is 42.8 Å². The van der Waals surface area contributed by atoms with Crippen molar-refractivity contribution in [3.8, 4) is 5.75 Å². The molecule has 2 rings (SSSR count). The summed E-state index contributed by atoms with van der Waals surface area (Å²) in [5.41, 5.74) is 1.61. The molecule has 21 heavy (non-hydrogen) atoms. The van der Waals surface area contributed by atoms with Gasteiger partial charge in [0.1, 0.15) is 5.75 Å². The largest absolute Gasteiger partial charge is 0.495 e. The fourth-order valence-corrected chi connectivity index (χ4v) is 3.06. The Morgan fingerprint density at radius 1 is 1.52 bits per heavy atom. The van der Waals surface area contributed by atoms with E-state index < -0.39 is 0 Å². The summed E-state index contributed by atoms with van der Waals surface area (Å²) < 4.78 is 5.28. The molecule has 1 aromatic carbocycles. The molecule has 2 atom stereocenters. The van der Waals surface area contributed by atoms with Crippen molar-refractivity contribution >= 4 is 23.2 Å². The second-order valence-corrected chi connectivity index (χ2v) is 6.39. The van der Waals surface area contributed by atoms with Gasteiger partial charge in [-0.05, 0) is 31.4 Å². The van der Waals surface area contributed by atoms with Crippen molar-refractivity contribution in [3.05, 3.63) is 22.7 Å². The number of carbonyl (C=O) groups excluding carboxylic acids is 1. The molecule has 0 bridgehead atoms. The summed E-state index contributed by atoms with van der Waals surface area (Å²) in [5.74, 6) is 1.33. The van der Waals surface area contributed by atoms with E-state index in [1.54, 1.807) is 13.2 Å². The lowest BCUT2D eigenvalue weighted by Gasteiger charge is -2.27. The summed E-state index contributed by atoms with van der Waals surface area (Å²) in [6.45, 7) is 6.82. The van der Waals surface area contributed by atoms with Crippen LogP contribution in [0.2, 0.25) is 5.02 Å². The van der Waals surface area contributed by atoms with Crippen LogP contribution in [0.1, 0.15) is 25.3 Å². The second kappa shape index (κ2) is 7.14. The normalized spacial score (nSPS) is 21.9. The third kappa shape index (κ3) is 4.35. The molecule has 5 heteroatoms. The molecule has 1 aliphatic heterocycles. The summed E-state index contributed by atoms with van der Waals surface area (Å²) in [4.78, 5) is 13.6. The number of methoxy groups -OCH3 is 1. The van der Waals surface area contributed by atoms with Gasteiger partial charge in [0.15, 0.2) is 6.54 Å². The highest BCUT2D eigenvalue weighted by Crippen LogP contribution is 2.30. The number of ether oxygens (including phenoxy) is 1. The van der Waals surface area contributed by atoms with Gasteiger partial charge in [-0.1, -0.05) is 18.5 Å². The van der Waals surface area contributed by atoms with Crippen LogP contribution in [0.15, 0.2) is 12.1 Å². The van der Waals surface area contributed by atoms with E-state index in [1.165, 1.54) is 17.7 Å². The summed E-state index contributed by atoms with van der Waals surface area (Å²) in [5, 5.41) is 3.59. The number of hydrogen-bond acceptors (Lipinski definition) is 2. The molecular weight excluding hydrogens is 288 g/mol. The molecular formula is C16H24ClN2O2+. The van der Waals surface area contributed by atoms with Crippen molar-refractivity contribution in [1.29, 1.82) is 0 Å². The van der Waals surface area contributed by atoms with Gasteiger partial charge in [-0.3, -0.25) is 4.79 Å². The number of halogens is 1. The first-order chi connectivity index (χ1) is 9.99. The van der Waals surface area contributed by atoms with E-state index in [9.17, 15) is 4.79 Å². The van der Waals surface area contributed by atoms with Crippen molar-refractivity contribution in [3.63, 3.8) is 0 Å². The number of piperidine rings is 1. The average molecular weight is 312 g/mol. The lowest BCUT2D eigenvalue weighted by Crippen LogP contribution is -3.14. The summed E-state index contributed by atoms with van der Waals surface area (Å²) in [6.07, 6.45) is 2.47. The Hall–Kier alpha value is -1.26. The average Bonchev–Trinajstić information content (AvgIpc) is 2.42. The number of aryl methyl sites for hydroxylation is 1. The second-order valence-electron chi connectivity index (χ2n) is 5.98. The first kappa shape index (κ1) is 16.1. The molecule has 0 radical (unpaired) electrons. The Labute approximate surface area is 131 Å². The summed E-state index contributed by atoms with van der Waals surface area (Å²) in [7, 11) is 1.58. The third-order valence-electron chi connectivity index (χ3n) is 4.03. The molecule has 1 aliphatic rings. The number of likely N-dealkylation sites (tertiary alicyclic amines) is 1. The third-order valence-corrected chi connectivity index (χ3v) is 4.44. The molecule has 1 amide bonds. The molecule has 1 saturated heterocycles. The molecule has 2 N–H and O–H groups in total. The molecule has 0 aliphatic carbocycles. The minimum absolute atomic E-state index is 0.0270. The maximum absolute atomic E-state index is 12.2. The van der Waals surface area contributed by atoms with E-state index in [2.05, 4.69) is 12.2 Å². The van der Waals surface area contributed by atoms with Gasteiger partial charge in [-0.25, -0.2) is 0 Å². The van der Waals surface area contributed by atoms with Gasteiger partial charge in [-0.2, -0.15) is 0 Å². The van der Waals surface area contributed by atoms with Crippen LogP contribution in [-0.4, -0.2) is 32.7 Å². The molecule has 1 fully saturated rings. The van der Waals surface area contributed by atoms with Crippen LogP contribution in [0.5, 0.6) is 5.75 Å². The quantitative estimate of drug-likeness (QED) is 0.892. The molecule has 0 spiro atoms. The number of quaternary nitrogens is 1. The number of nitrogens with one attached hydrogen (secondary N) is 2. The van der Waals surface area contributed by atoms with E-state index in [0.717, 1.165) is 18.7 Å². The van der Waals surface area contributed by atoms with Gasteiger partial charge in [0.25, 0.3) is 5.91 Å². The van der Waals surface area contributed by atoms with Gasteiger partial charge in [0.2, 0.25) is 0 Å². The first-order valence-corrected chi connectivity index (χ1v) is 7.85. The SMILES string of the molecule is COc1cc(Cl)c(C)cc1NC(=O)C[NH+]1CCC[C@H](C)C1. The zero-order valence-corrected chi connectivity index (χ0v) is 13.7. The van der Waals surface area contributed by atoms with Gasteiger partial charge in [0.05, 0.1) is 25.9 Å². The van der Waals surface area contributed by atoms with Gasteiger partial charge >= 0.3 is 0 Å². The molecule has 1 heterocycles. The Bertz CT molecular complexity index is 519. The van der Waals surface area contributed by atoms with Crippen LogP contribution in [0, 0.1) is 12.8 Å². The fourth-order valence-electron chi connectivity index (χ4n) is 2.91. The highest BCUT2D eigenvalue weighted by atomic mass is 35.5. The smallest absolute Gasteiger partial charge is 0.279 e. The first-order valence-electron chi connectivity index (χ1n) is 7.47. The maximum Gasteiger partial charge on any atom is 0.279 e. The molecule has 1 aromatic rings.